The second-order valence-electron chi connectivity index (χ2n) is 4.93. The van der Waals surface area contributed by atoms with Gasteiger partial charge in [0.15, 0.2) is 0 Å². The van der Waals surface area contributed by atoms with Gasteiger partial charge in [0.25, 0.3) is 5.91 Å². The van der Waals surface area contributed by atoms with E-state index in [1.54, 1.807) is 6.07 Å². The van der Waals surface area contributed by atoms with E-state index in [1.165, 1.54) is 24.4 Å². The highest BCUT2D eigenvalue weighted by molar-refractivity contribution is 5.97. The lowest BCUT2D eigenvalue weighted by Crippen LogP contribution is -2.28. The molecule has 0 aliphatic heterocycles. The van der Waals surface area contributed by atoms with Crippen LogP contribution in [0.25, 0.3) is 0 Å². The van der Waals surface area contributed by atoms with E-state index in [0.29, 0.717) is 5.69 Å². The summed E-state index contributed by atoms with van der Waals surface area (Å²) < 4.78 is 13.1. The maximum Gasteiger partial charge on any atom is 0.263 e. The fourth-order valence-electron chi connectivity index (χ4n) is 1.98. The van der Waals surface area contributed by atoms with E-state index in [0.717, 1.165) is 5.56 Å². The molecule has 1 atom stereocenters. The Morgan fingerprint density at radius 1 is 1.22 bits per heavy atom. The molecular weight excluding hydrogens is 293 g/mol. The molecule has 1 unspecified atom stereocenters. The fourth-order valence-corrected chi connectivity index (χ4v) is 1.98. The molecule has 5 heteroatoms. The standard InChI is InChI=1S/C18H16FN3O/c1-13(14-6-3-2-4-7-14)22-18(23)15(11-20)12-21-17-9-5-8-16(19)10-17/h2-10,12-13,21H,1H3,(H,22,23)/b15-12-. The third-order valence-electron chi connectivity index (χ3n) is 3.22. The van der Waals surface area contributed by atoms with Gasteiger partial charge < -0.3 is 10.6 Å². The number of carbonyl (C=O) groups excluding carboxylic acids is 1. The van der Waals surface area contributed by atoms with Crippen LogP contribution in [-0.4, -0.2) is 5.91 Å². The molecule has 2 aromatic carbocycles. The average Bonchev–Trinajstić information content (AvgIpc) is 2.56. The van der Waals surface area contributed by atoms with Crippen LogP contribution in [-0.2, 0) is 4.79 Å². The third-order valence-corrected chi connectivity index (χ3v) is 3.22. The Morgan fingerprint density at radius 3 is 2.61 bits per heavy atom. The predicted molar refractivity (Wildman–Crippen MR) is 86.7 cm³/mol. The number of halogens is 1. The van der Waals surface area contributed by atoms with Crippen molar-refractivity contribution in [2.75, 3.05) is 5.32 Å². The number of hydrogen-bond acceptors (Lipinski definition) is 3. The molecule has 0 saturated carbocycles. The topological polar surface area (TPSA) is 64.9 Å². The molecule has 0 aromatic heterocycles. The van der Waals surface area contributed by atoms with E-state index in [4.69, 9.17) is 5.26 Å². The molecule has 0 aliphatic rings. The number of hydrogen-bond donors (Lipinski definition) is 2. The maximum absolute atomic E-state index is 13.1. The van der Waals surface area contributed by atoms with Gasteiger partial charge in [-0.15, -0.1) is 0 Å². The number of nitriles is 1. The molecule has 116 valence electrons. The zero-order chi connectivity index (χ0) is 16.7. The Kier molecular flexibility index (Phi) is 5.48. The van der Waals surface area contributed by atoms with Gasteiger partial charge in [0.1, 0.15) is 17.5 Å². The largest absolute Gasteiger partial charge is 0.360 e. The molecule has 2 aromatic rings. The Morgan fingerprint density at radius 2 is 1.96 bits per heavy atom. The highest BCUT2D eigenvalue weighted by Gasteiger charge is 2.13. The van der Waals surface area contributed by atoms with Crippen molar-refractivity contribution in [3.05, 3.63) is 77.8 Å². The molecule has 0 bridgehead atoms. The molecule has 0 radical (unpaired) electrons. The van der Waals surface area contributed by atoms with Gasteiger partial charge in [0, 0.05) is 11.9 Å². The minimum atomic E-state index is -0.493. The van der Waals surface area contributed by atoms with Crippen LogP contribution in [0.2, 0.25) is 0 Å². The van der Waals surface area contributed by atoms with Gasteiger partial charge in [-0.3, -0.25) is 4.79 Å². The van der Waals surface area contributed by atoms with Crippen molar-refractivity contribution in [2.45, 2.75) is 13.0 Å². The summed E-state index contributed by atoms with van der Waals surface area (Å²) in [6.45, 7) is 1.84. The molecule has 4 nitrogen and oxygen atoms in total. The molecule has 0 spiro atoms. The summed E-state index contributed by atoms with van der Waals surface area (Å²) in [5.41, 5.74) is 1.31. The minimum absolute atomic E-state index is 0.0861. The van der Waals surface area contributed by atoms with Gasteiger partial charge in [-0.05, 0) is 30.7 Å². The molecule has 2 N–H and O–H groups in total. The first-order valence-corrected chi connectivity index (χ1v) is 7.08. The average molecular weight is 309 g/mol. The van der Waals surface area contributed by atoms with Crippen molar-refractivity contribution in [1.82, 2.24) is 5.32 Å². The SMILES string of the molecule is CC(NC(=O)/C(C#N)=C\Nc1cccc(F)c1)c1ccccc1. The molecule has 1 amide bonds. The summed E-state index contributed by atoms with van der Waals surface area (Å²) in [6.07, 6.45) is 1.27. The normalized spacial score (nSPS) is 12.1. The zero-order valence-corrected chi connectivity index (χ0v) is 12.6. The van der Waals surface area contributed by atoms with E-state index in [-0.39, 0.29) is 11.6 Å². The lowest BCUT2D eigenvalue weighted by Gasteiger charge is -2.13. The highest BCUT2D eigenvalue weighted by atomic mass is 19.1. The third kappa shape index (κ3) is 4.68. The van der Waals surface area contributed by atoms with Gasteiger partial charge in [-0.25, -0.2) is 4.39 Å². The molecule has 0 aliphatic carbocycles. The lowest BCUT2D eigenvalue weighted by molar-refractivity contribution is -0.117. The van der Waals surface area contributed by atoms with Gasteiger partial charge in [-0.1, -0.05) is 36.4 Å². The number of anilines is 1. The van der Waals surface area contributed by atoms with Gasteiger partial charge in [0.2, 0.25) is 0 Å². The van der Waals surface area contributed by atoms with Crippen LogP contribution in [0.5, 0.6) is 0 Å². The summed E-state index contributed by atoms with van der Waals surface area (Å²) in [4.78, 5) is 12.1. The second-order valence-corrected chi connectivity index (χ2v) is 4.93. The van der Waals surface area contributed by atoms with Crippen LogP contribution in [0.1, 0.15) is 18.5 Å². The van der Waals surface area contributed by atoms with E-state index in [1.807, 2.05) is 43.3 Å². The van der Waals surface area contributed by atoms with Crippen molar-refractivity contribution < 1.29 is 9.18 Å². The first-order chi connectivity index (χ1) is 11.1. The summed E-state index contributed by atoms with van der Waals surface area (Å²) in [5.74, 6) is -0.892. The Labute approximate surface area is 134 Å². The summed E-state index contributed by atoms with van der Waals surface area (Å²) in [7, 11) is 0. The monoisotopic (exact) mass is 309 g/mol. The molecule has 0 saturated heterocycles. The summed E-state index contributed by atoms with van der Waals surface area (Å²) in [6, 6.07) is 16.8. The lowest BCUT2D eigenvalue weighted by atomic mass is 10.1. The molecule has 0 heterocycles. The quantitative estimate of drug-likeness (QED) is 0.656. The van der Waals surface area contributed by atoms with Crippen LogP contribution in [0.15, 0.2) is 66.4 Å². The number of rotatable bonds is 5. The van der Waals surface area contributed by atoms with Crippen LogP contribution in [0, 0.1) is 17.1 Å². The number of benzene rings is 2. The molecule has 2 rings (SSSR count). The Hall–Kier alpha value is -3.13. The van der Waals surface area contributed by atoms with E-state index in [2.05, 4.69) is 10.6 Å². The number of nitrogens with one attached hydrogen (secondary N) is 2. The van der Waals surface area contributed by atoms with Crippen molar-refractivity contribution >= 4 is 11.6 Å². The van der Waals surface area contributed by atoms with Crippen LogP contribution < -0.4 is 10.6 Å². The number of amides is 1. The molecule has 0 fully saturated rings. The van der Waals surface area contributed by atoms with E-state index in [9.17, 15) is 9.18 Å². The summed E-state index contributed by atoms with van der Waals surface area (Å²) >= 11 is 0. The second kappa shape index (κ2) is 7.76. The van der Waals surface area contributed by atoms with Crippen molar-refractivity contribution in [3.8, 4) is 6.07 Å². The van der Waals surface area contributed by atoms with Crippen LogP contribution in [0.3, 0.4) is 0 Å². The van der Waals surface area contributed by atoms with Gasteiger partial charge in [0.05, 0.1) is 6.04 Å². The maximum atomic E-state index is 13.1. The molecular formula is C18H16FN3O. The van der Waals surface area contributed by atoms with E-state index >= 15 is 0 Å². The fraction of sp³-hybridized carbons (Fsp3) is 0.111. The van der Waals surface area contributed by atoms with Gasteiger partial charge in [-0.2, -0.15) is 5.26 Å². The Balaban J connectivity index is 2.04. The first-order valence-electron chi connectivity index (χ1n) is 7.08. The van der Waals surface area contributed by atoms with E-state index < -0.39 is 11.7 Å². The van der Waals surface area contributed by atoms with Crippen molar-refractivity contribution in [2.24, 2.45) is 0 Å². The van der Waals surface area contributed by atoms with Crippen LogP contribution >= 0.6 is 0 Å². The van der Waals surface area contributed by atoms with Crippen molar-refractivity contribution in [1.29, 1.82) is 5.26 Å². The number of nitrogens with zero attached hydrogens (tertiary/aromatic N) is 1. The van der Waals surface area contributed by atoms with Crippen molar-refractivity contribution in [3.63, 3.8) is 0 Å². The minimum Gasteiger partial charge on any atom is -0.360 e. The highest BCUT2D eigenvalue weighted by Crippen LogP contribution is 2.13. The smallest absolute Gasteiger partial charge is 0.263 e. The zero-order valence-electron chi connectivity index (χ0n) is 12.6. The Bertz CT molecular complexity index is 750. The first kappa shape index (κ1) is 16.2. The summed E-state index contributed by atoms with van der Waals surface area (Å²) in [5, 5.41) is 14.6. The van der Waals surface area contributed by atoms with Gasteiger partial charge >= 0.3 is 0 Å². The number of carbonyl (C=O) groups is 1. The molecule has 23 heavy (non-hydrogen) atoms. The van der Waals surface area contributed by atoms with Crippen LogP contribution in [0.4, 0.5) is 10.1 Å². The predicted octanol–water partition coefficient (Wildman–Crippen LogP) is 3.52.